The van der Waals surface area contributed by atoms with E-state index in [9.17, 15) is 9.59 Å². The quantitative estimate of drug-likeness (QED) is 0.863. The molecule has 4 nitrogen and oxygen atoms in total. The standard InChI is InChI=1S/C13H19NO3S/c1-13(2,7-12(16)17)6-11(15)14(3)8-10-4-5-18-9-10/h4-5,9H,6-8H2,1-3H3,(H,16,17). The normalized spacial score (nSPS) is 11.3. The van der Waals surface area contributed by atoms with Crippen molar-refractivity contribution in [3.63, 3.8) is 0 Å². The van der Waals surface area contributed by atoms with Crippen LogP contribution in [0.2, 0.25) is 0 Å². The van der Waals surface area contributed by atoms with E-state index in [0.717, 1.165) is 5.56 Å². The fourth-order valence-corrected chi connectivity index (χ4v) is 2.42. The molecule has 18 heavy (non-hydrogen) atoms. The Morgan fingerprint density at radius 1 is 1.39 bits per heavy atom. The van der Waals surface area contributed by atoms with E-state index in [1.807, 2.05) is 16.8 Å². The second-order valence-electron chi connectivity index (χ2n) is 5.29. The Morgan fingerprint density at radius 3 is 2.56 bits per heavy atom. The van der Waals surface area contributed by atoms with E-state index in [1.54, 1.807) is 37.1 Å². The van der Waals surface area contributed by atoms with E-state index < -0.39 is 11.4 Å². The van der Waals surface area contributed by atoms with Crippen molar-refractivity contribution in [2.75, 3.05) is 7.05 Å². The van der Waals surface area contributed by atoms with Crippen LogP contribution in [0.25, 0.3) is 0 Å². The minimum Gasteiger partial charge on any atom is -0.481 e. The lowest BCUT2D eigenvalue weighted by Crippen LogP contribution is -2.31. The first-order chi connectivity index (χ1) is 8.30. The number of rotatable bonds is 6. The van der Waals surface area contributed by atoms with Gasteiger partial charge < -0.3 is 10.0 Å². The minimum atomic E-state index is -0.867. The third kappa shape index (κ3) is 4.87. The molecular weight excluding hydrogens is 250 g/mol. The molecule has 0 unspecified atom stereocenters. The Balaban J connectivity index is 2.51. The number of nitrogens with zero attached hydrogens (tertiary/aromatic N) is 1. The van der Waals surface area contributed by atoms with Crippen LogP contribution in [0.3, 0.4) is 0 Å². The number of carbonyl (C=O) groups excluding carboxylic acids is 1. The van der Waals surface area contributed by atoms with E-state index >= 15 is 0 Å². The highest BCUT2D eigenvalue weighted by atomic mass is 32.1. The number of aliphatic carboxylic acids is 1. The SMILES string of the molecule is CN(Cc1ccsc1)C(=O)CC(C)(C)CC(=O)O. The summed E-state index contributed by atoms with van der Waals surface area (Å²) in [6, 6.07) is 1.98. The maximum Gasteiger partial charge on any atom is 0.303 e. The average Bonchev–Trinajstić information content (AvgIpc) is 2.67. The molecule has 1 N–H and O–H groups in total. The zero-order chi connectivity index (χ0) is 13.8. The Hall–Kier alpha value is -1.36. The van der Waals surface area contributed by atoms with E-state index in [0.29, 0.717) is 6.54 Å². The van der Waals surface area contributed by atoms with Crippen LogP contribution >= 0.6 is 11.3 Å². The summed E-state index contributed by atoms with van der Waals surface area (Å²) in [6.07, 6.45) is 0.255. The Kier molecular flexibility index (Phi) is 4.90. The van der Waals surface area contributed by atoms with Crippen LogP contribution in [0, 0.1) is 5.41 Å². The number of hydrogen-bond acceptors (Lipinski definition) is 3. The fraction of sp³-hybridized carbons (Fsp3) is 0.538. The van der Waals surface area contributed by atoms with Gasteiger partial charge >= 0.3 is 5.97 Å². The van der Waals surface area contributed by atoms with Gasteiger partial charge in [-0.3, -0.25) is 9.59 Å². The molecule has 1 aromatic heterocycles. The van der Waals surface area contributed by atoms with Gasteiger partial charge in [-0.15, -0.1) is 0 Å². The molecular formula is C13H19NO3S. The molecule has 5 heteroatoms. The second-order valence-corrected chi connectivity index (χ2v) is 6.07. The van der Waals surface area contributed by atoms with Gasteiger partial charge in [-0.1, -0.05) is 13.8 Å². The lowest BCUT2D eigenvalue weighted by Gasteiger charge is -2.25. The highest BCUT2D eigenvalue weighted by Crippen LogP contribution is 2.26. The van der Waals surface area contributed by atoms with Crippen molar-refractivity contribution in [3.8, 4) is 0 Å². The first-order valence-corrected chi connectivity index (χ1v) is 6.71. The molecule has 0 radical (unpaired) electrons. The lowest BCUT2D eigenvalue weighted by molar-refractivity contribution is -0.140. The first-order valence-electron chi connectivity index (χ1n) is 5.77. The van der Waals surface area contributed by atoms with Crippen molar-refractivity contribution >= 4 is 23.2 Å². The van der Waals surface area contributed by atoms with Crippen LogP contribution in [-0.4, -0.2) is 28.9 Å². The van der Waals surface area contributed by atoms with E-state index in [2.05, 4.69) is 0 Å². The van der Waals surface area contributed by atoms with Crippen molar-refractivity contribution in [3.05, 3.63) is 22.4 Å². The number of amides is 1. The lowest BCUT2D eigenvalue weighted by atomic mass is 9.85. The zero-order valence-electron chi connectivity index (χ0n) is 11.0. The van der Waals surface area contributed by atoms with Crippen LogP contribution in [-0.2, 0) is 16.1 Å². The molecule has 0 spiro atoms. The van der Waals surface area contributed by atoms with Crippen molar-refractivity contribution in [1.82, 2.24) is 4.90 Å². The van der Waals surface area contributed by atoms with Crippen molar-refractivity contribution < 1.29 is 14.7 Å². The number of carbonyl (C=O) groups is 2. The van der Waals surface area contributed by atoms with Gasteiger partial charge in [-0.25, -0.2) is 0 Å². The molecule has 1 amide bonds. The molecule has 0 aliphatic carbocycles. The van der Waals surface area contributed by atoms with Gasteiger partial charge in [-0.2, -0.15) is 11.3 Å². The summed E-state index contributed by atoms with van der Waals surface area (Å²) in [4.78, 5) is 24.3. The van der Waals surface area contributed by atoms with Crippen LogP contribution in [0.15, 0.2) is 16.8 Å². The average molecular weight is 269 g/mol. The summed E-state index contributed by atoms with van der Waals surface area (Å²) in [5, 5.41) is 12.8. The summed E-state index contributed by atoms with van der Waals surface area (Å²) >= 11 is 1.60. The number of carboxylic acid groups (broad SMARTS) is 1. The van der Waals surface area contributed by atoms with Crippen LogP contribution in [0.4, 0.5) is 0 Å². The molecule has 0 atom stereocenters. The van der Waals surface area contributed by atoms with Crippen molar-refractivity contribution in [2.24, 2.45) is 5.41 Å². The highest BCUT2D eigenvalue weighted by molar-refractivity contribution is 7.07. The summed E-state index contributed by atoms with van der Waals surface area (Å²) in [6.45, 7) is 4.18. The topological polar surface area (TPSA) is 57.6 Å². The first kappa shape index (κ1) is 14.7. The monoisotopic (exact) mass is 269 g/mol. The van der Waals surface area contributed by atoms with Gasteiger partial charge in [-0.05, 0) is 27.8 Å². The number of thiophene rings is 1. The van der Waals surface area contributed by atoms with Gasteiger partial charge in [0.05, 0.1) is 6.42 Å². The molecule has 0 bridgehead atoms. The molecule has 0 aromatic carbocycles. The predicted molar refractivity (Wildman–Crippen MR) is 71.4 cm³/mol. The summed E-state index contributed by atoms with van der Waals surface area (Å²) in [5.41, 5.74) is 0.595. The molecule has 1 heterocycles. The maximum atomic E-state index is 12.0. The molecule has 0 fully saturated rings. The molecule has 1 aromatic rings. The van der Waals surface area contributed by atoms with Gasteiger partial charge in [0.25, 0.3) is 0 Å². The third-order valence-corrected chi connectivity index (χ3v) is 3.42. The molecule has 1 rings (SSSR count). The third-order valence-electron chi connectivity index (χ3n) is 2.69. The minimum absolute atomic E-state index is 0.00499. The maximum absolute atomic E-state index is 12.0. The Morgan fingerprint density at radius 2 is 2.06 bits per heavy atom. The number of carboxylic acids is 1. The summed E-state index contributed by atoms with van der Waals surface area (Å²) < 4.78 is 0. The molecule has 100 valence electrons. The summed E-state index contributed by atoms with van der Waals surface area (Å²) in [7, 11) is 1.75. The molecule has 0 saturated heterocycles. The Labute approximate surface area is 111 Å². The largest absolute Gasteiger partial charge is 0.481 e. The van der Waals surface area contributed by atoms with Crippen molar-refractivity contribution in [2.45, 2.75) is 33.2 Å². The molecule has 0 aliphatic heterocycles. The van der Waals surface area contributed by atoms with Crippen LogP contribution in [0.5, 0.6) is 0 Å². The predicted octanol–water partition coefficient (Wildman–Crippen LogP) is 2.60. The van der Waals surface area contributed by atoms with Crippen molar-refractivity contribution in [1.29, 1.82) is 0 Å². The smallest absolute Gasteiger partial charge is 0.303 e. The van der Waals surface area contributed by atoms with Gasteiger partial charge in [0.2, 0.25) is 5.91 Å². The Bertz CT molecular complexity index is 412. The van der Waals surface area contributed by atoms with E-state index in [1.165, 1.54) is 0 Å². The fourth-order valence-electron chi connectivity index (χ4n) is 1.76. The molecule has 0 saturated carbocycles. The summed E-state index contributed by atoms with van der Waals surface area (Å²) in [5.74, 6) is -0.888. The van der Waals surface area contributed by atoms with E-state index in [4.69, 9.17) is 5.11 Å². The van der Waals surface area contributed by atoms with Crippen LogP contribution < -0.4 is 0 Å². The van der Waals surface area contributed by atoms with Gasteiger partial charge in [0.1, 0.15) is 0 Å². The number of hydrogen-bond donors (Lipinski definition) is 1. The zero-order valence-corrected chi connectivity index (χ0v) is 11.8. The second kappa shape index (κ2) is 6.00. The van der Waals surface area contributed by atoms with Gasteiger partial charge in [0, 0.05) is 20.0 Å². The van der Waals surface area contributed by atoms with E-state index in [-0.39, 0.29) is 18.7 Å². The van der Waals surface area contributed by atoms with Gasteiger partial charge in [0.15, 0.2) is 0 Å². The highest BCUT2D eigenvalue weighted by Gasteiger charge is 2.26. The molecule has 0 aliphatic rings. The van der Waals surface area contributed by atoms with Crippen LogP contribution in [0.1, 0.15) is 32.3 Å².